The number of hydrogen-bond acceptors (Lipinski definition) is 1. The number of halogens is 2. The van der Waals surface area contributed by atoms with E-state index in [-0.39, 0.29) is 0 Å². The zero-order valence-corrected chi connectivity index (χ0v) is 9.24. The minimum Gasteiger partial charge on any atom is -0.497 e. The van der Waals surface area contributed by atoms with Gasteiger partial charge in [0, 0.05) is 22.1 Å². The highest BCUT2D eigenvalue weighted by Crippen LogP contribution is 2.32. The molecule has 1 N–H and O–H groups in total. The summed E-state index contributed by atoms with van der Waals surface area (Å²) in [4.78, 5) is 3.07. The quantitative estimate of drug-likeness (QED) is 0.833. The smallest absolute Gasteiger partial charge is 0.121 e. The molecule has 0 spiro atoms. The summed E-state index contributed by atoms with van der Waals surface area (Å²) in [5.74, 6) is 0.762. The Morgan fingerprint density at radius 1 is 1.46 bits per heavy atom. The first-order valence-electron chi connectivity index (χ1n) is 3.72. The highest BCUT2D eigenvalue weighted by atomic mass is 79.9. The number of H-pyrrole nitrogens is 1. The van der Waals surface area contributed by atoms with Crippen LogP contribution in [-0.2, 0) is 0 Å². The molecule has 0 atom stereocenters. The Labute approximate surface area is 89.0 Å². The normalized spacial score (nSPS) is 10.7. The van der Waals surface area contributed by atoms with Gasteiger partial charge < -0.3 is 9.72 Å². The largest absolute Gasteiger partial charge is 0.497 e. The van der Waals surface area contributed by atoms with Crippen molar-refractivity contribution >= 4 is 38.4 Å². The third-order valence-electron chi connectivity index (χ3n) is 1.90. The van der Waals surface area contributed by atoms with Crippen LogP contribution in [0.1, 0.15) is 0 Å². The Kier molecular flexibility index (Phi) is 2.22. The second-order valence-electron chi connectivity index (χ2n) is 2.67. The molecule has 0 fully saturated rings. The molecule has 0 saturated carbocycles. The van der Waals surface area contributed by atoms with Gasteiger partial charge in [-0.05, 0) is 22.0 Å². The van der Waals surface area contributed by atoms with E-state index < -0.39 is 0 Å². The fraction of sp³-hybridized carbons (Fsp3) is 0.111. The summed E-state index contributed by atoms with van der Waals surface area (Å²) in [6.07, 6.45) is 1.86. The predicted molar refractivity (Wildman–Crippen MR) is 57.6 cm³/mol. The summed E-state index contributed by atoms with van der Waals surface area (Å²) >= 11 is 9.44. The maximum absolute atomic E-state index is 6.02. The lowest BCUT2D eigenvalue weighted by Gasteiger charge is -2.01. The molecule has 2 aromatic rings. The highest BCUT2D eigenvalue weighted by Gasteiger charge is 2.06. The van der Waals surface area contributed by atoms with Crippen LogP contribution in [0.3, 0.4) is 0 Å². The maximum Gasteiger partial charge on any atom is 0.121 e. The summed E-state index contributed by atoms with van der Waals surface area (Å²) in [5.41, 5.74) is 0.925. The SMILES string of the molecule is COc1cc(Cl)c2[nH]cc(Br)c2c1. The Morgan fingerprint density at radius 3 is 2.92 bits per heavy atom. The average Bonchev–Trinajstić information content (AvgIpc) is 2.48. The molecule has 0 amide bonds. The number of nitrogens with one attached hydrogen (secondary N) is 1. The average molecular weight is 261 g/mol. The fourth-order valence-corrected chi connectivity index (χ4v) is 1.94. The van der Waals surface area contributed by atoms with Crippen LogP contribution in [-0.4, -0.2) is 12.1 Å². The van der Waals surface area contributed by atoms with Gasteiger partial charge in [-0.25, -0.2) is 0 Å². The van der Waals surface area contributed by atoms with Gasteiger partial charge >= 0.3 is 0 Å². The minimum atomic E-state index is 0.667. The van der Waals surface area contributed by atoms with Gasteiger partial charge in [0.1, 0.15) is 5.75 Å². The molecule has 0 radical (unpaired) electrons. The fourth-order valence-electron chi connectivity index (χ4n) is 1.25. The lowest BCUT2D eigenvalue weighted by atomic mass is 10.2. The zero-order chi connectivity index (χ0) is 9.42. The van der Waals surface area contributed by atoms with E-state index >= 15 is 0 Å². The molecule has 1 heterocycles. The number of ether oxygens (including phenoxy) is 1. The van der Waals surface area contributed by atoms with Crippen LogP contribution in [0.15, 0.2) is 22.8 Å². The lowest BCUT2D eigenvalue weighted by molar-refractivity contribution is 0.415. The number of rotatable bonds is 1. The van der Waals surface area contributed by atoms with Gasteiger partial charge in [0.25, 0.3) is 0 Å². The molecule has 4 heteroatoms. The molecule has 2 nitrogen and oxygen atoms in total. The van der Waals surface area contributed by atoms with Gasteiger partial charge in [0.05, 0.1) is 17.6 Å². The molecule has 0 aliphatic rings. The molecular formula is C9H7BrClNO. The van der Waals surface area contributed by atoms with E-state index in [4.69, 9.17) is 16.3 Å². The third kappa shape index (κ3) is 1.42. The third-order valence-corrected chi connectivity index (χ3v) is 2.85. The number of methoxy groups -OCH3 is 1. The van der Waals surface area contributed by atoms with Crippen molar-refractivity contribution < 1.29 is 4.74 Å². The van der Waals surface area contributed by atoms with Crippen molar-refractivity contribution in [2.75, 3.05) is 7.11 Å². The van der Waals surface area contributed by atoms with Crippen LogP contribution in [0.4, 0.5) is 0 Å². The standard InChI is InChI=1S/C9H7BrClNO/c1-13-5-2-6-7(10)4-12-9(6)8(11)3-5/h2-4,12H,1H3. The first-order chi connectivity index (χ1) is 6.22. The van der Waals surface area contributed by atoms with Gasteiger partial charge in [-0.15, -0.1) is 0 Å². The molecule has 0 bridgehead atoms. The first kappa shape index (κ1) is 8.91. The molecule has 68 valence electrons. The van der Waals surface area contributed by atoms with Gasteiger partial charge in [0.2, 0.25) is 0 Å². The summed E-state index contributed by atoms with van der Waals surface area (Å²) in [6, 6.07) is 3.72. The molecule has 2 rings (SSSR count). The van der Waals surface area contributed by atoms with E-state index in [1.165, 1.54) is 0 Å². The van der Waals surface area contributed by atoms with Gasteiger partial charge in [-0.3, -0.25) is 0 Å². The Morgan fingerprint density at radius 2 is 2.23 bits per heavy atom. The van der Waals surface area contributed by atoms with E-state index in [2.05, 4.69) is 20.9 Å². The maximum atomic E-state index is 6.02. The highest BCUT2D eigenvalue weighted by molar-refractivity contribution is 9.10. The second kappa shape index (κ2) is 3.24. The minimum absolute atomic E-state index is 0.667. The lowest BCUT2D eigenvalue weighted by Crippen LogP contribution is -1.82. The number of benzene rings is 1. The van der Waals surface area contributed by atoms with Crippen molar-refractivity contribution in [3.05, 3.63) is 27.8 Å². The molecule has 13 heavy (non-hydrogen) atoms. The van der Waals surface area contributed by atoms with E-state index in [1.54, 1.807) is 13.2 Å². The molecule has 1 aromatic heterocycles. The molecule has 0 unspecified atom stereocenters. The predicted octanol–water partition coefficient (Wildman–Crippen LogP) is 3.59. The van der Waals surface area contributed by atoms with Gasteiger partial charge in [-0.2, -0.15) is 0 Å². The molecular weight excluding hydrogens is 253 g/mol. The van der Waals surface area contributed by atoms with Gasteiger partial charge in [0.15, 0.2) is 0 Å². The van der Waals surface area contributed by atoms with Crippen molar-refractivity contribution in [2.45, 2.75) is 0 Å². The van der Waals surface area contributed by atoms with Gasteiger partial charge in [-0.1, -0.05) is 11.6 Å². The molecule has 1 aromatic carbocycles. The van der Waals surface area contributed by atoms with E-state index in [9.17, 15) is 0 Å². The molecule has 0 saturated heterocycles. The van der Waals surface area contributed by atoms with Crippen molar-refractivity contribution in [1.29, 1.82) is 0 Å². The number of fused-ring (bicyclic) bond motifs is 1. The van der Waals surface area contributed by atoms with Crippen molar-refractivity contribution in [3.63, 3.8) is 0 Å². The van der Waals surface area contributed by atoms with Crippen molar-refractivity contribution in [1.82, 2.24) is 4.98 Å². The number of hydrogen-bond donors (Lipinski definition) is 1. The van der Waals surface area contributed by atoms with Crippen molar-refractivity contribution in [2.24, 2.45) is 0 Å². The van der Waals surface area contributed by atoms with E-state index in [0.717, 1.165) is 21.1 Å². The topological polar surface area (TPSA) is 25.0 Å². The summed E-state index contributed by atoms with van der Waals surface area (Å²) in [5, 5.41) is 1.70. The van der Waals surface area contributed by atoms with Crippen LogP contribution < -0.4 is 4.74 Å². The van der Waals surface area contributed by atoms with Crippen LogP contribution in [0.2, 0.25) is 5.02 Å². The molecule has 0 aliphatic heterocycles. The summed E-state index contributed by atoms with van der Waals surface area (Å²) < 4.78 is 6.10. The van der Waals surface area contributed by atoms with Crippen LogP contribution in [0.25, 0.3) is 10.9 Å². The Balaban J connectivity index is 2.80. The van der Waals surface area contributed by atoms with Crippen LogP contribution >= 0.6 is 27.5 Å². The first-order valence-corrected chi connectivity index (χ1v) is 4.89. The second-order valence-corrected chi connectivity index (χ2v) is 3.93. The monoisotopic (exact) mass is 259 g/mol. The summed E-state index contributed by atoms with van der Waals surface area (Å²) in [6.45, 7) is 0. The van der Waals surface area contributed by atoms with Crippen LogP contribution in [0.5, 0.6) is 5.75 Å². The number of aromatic nitrogens is 1. The zero-order valence-electron chi connectivity index (χ0n) is 6.90. The van der Waals surface area contributed by atoms with E-state index in [0.29, 0.717) is 5.02 Å². The van der Waals surface area contributed by atoms with Crippen molar-refractivity contribution in [3.8, 4) is 5.75 Å². The molecule has 0 aliphatic carbocycles. The van der Waals surface area contributed by atoms with Crippen LogP contribution in [0, 0.1) is 0 Å². The summed E-state index contributed by atoms with van der Waals surface area (Å²) in [7, 11) is 1.62. The van der Waals surface area contributed by atoms with E-state index in [1.807, 2.05) is 12.3 Å². The Hall–Kier alpha value is -0.670. The Bertz CT molecular complexity index is 452. The number of aromatic amines is 1.